The summed E-state index contributed by atoms with van der Waals surface area (Å²) in [5.41, 5.74) is 0. The maximum Gasteiger partial charge on any atom is 0.0785 e. The van der Waals surface area contributed by atoms with Crippen LogP contribution in [-0.2, 0) is 6.54 Å². The molecule has 1 heterocycles. The van der Waals surface area contributed by atoms with Gasteiger partial charge in [0.1, 0.15) is 0 Å². The minimum Gasteiger partial charge on any atom is -0.270 e. The summed E-state index contributed by atoms with van der Waals surface area (Å²) in [6.07, 6.45) is 3.33. The molecule has 2 nitrogen and oxygen atoms in total. The highest BCUT2D eigenvalue weighted by Gasteiger charge is 1.91. The van der Waals surface area contributed by atoms with Crippen LogP contribution in [0.2, 0.25) is 5.02 Å². The van der Waals surface area contributed by atoms with Crippen molar-refractivity contribution in [2.24, 2.45) is 0 Å². The van der Waals surface area contributed by atoms with Crippen LogP contribution in [0.5, 0.6) is 0 Å². The number of aryl methyl sites for hydroxylation is 1. The number of aromatic nitrogens is 2. The lowest BCUT2D eigenvalue weighted by Crippen LogP contribution is -1.97. The van der Waals surface area contributed by atoms with Gasteiger partial charge >= 0.3 is 0 Å². The van der Waals surface area contributed by atoms with Crippen LogP contribution in [-0.4, -0.2) is 15.7 Å². The fraction of sp³-hybridized carbons (Fsp3) is 0.400. The molecule has 0 radical (unpaired) electrons. The zero-order valence-electron chi connectivity index (χ0n) is 4.72. The molecular formula is C5H6Cl2N2. The number of hydrogen-bond acceptors (Lipinski definition) is 1. The summed E-state index contributed by atoms with van der Waals surface area (Å²) in [6.45, 7) is 0.717. The smallest absolute Gasteiger partial charge is 0.0785 e. The van der Waals surface area contributed by atoms with Crippen molar-refractivity contribution in [3.8, 4) is 0 Å². The number of hydrogen-bond donors (Lipinski definition) is 0. The largest absolute Gasteiger partial charge is 0.270 e. The van der Waals surface area contributed by atoms with Crippen molar-refractivity contribution < 1.29 is 0 Å². The van der Waals surface area contributed by atoms with Gasteiger partial charge in [0, 0.05) is 12.1 Å². The summed E-state index contributed by atoms with van der Waals surface area (Å²) in [5, 5.41) is 4.56. The number of nitrogens with zero attached hydrogens (tertiary/aromatic N) is 2. The molecule has 0 atom stereocenters. The third-order valence-corrected chi connectivity index (χ3v) is 1.28. The monoisotopic (exact) mass is 164 g/mol. The molecule has 0 aromatic carbocycles. The molecule has 0 aliphatic rings. The minimum absolute atomic E-state index is 0.567. The summed E-state index contributed by atoms with van der Waals surface area (Å²) >= 11 is 11.0. The molecule has 0 amide bonds. The topological polar surface area (TPSA) is 17.8 Å². The van der Waals surface area contributed by atoms with Crippen LogP contribution in [0.15, 0.2) is 12.4 Å². The van der Waals surface area contributed by atoms with Crippen LogP contribution in [0.25, 0.3) is 0 Å². The van der Waals surface area contributed by atoms with Gasteiger partial charge in [0.25, 0.3) is 0 Å². The highest BCUT2D eigenvalue weighted by Crippen LogP contribution is 2.03. The molecule has 0 spiro atoms. The molecule has 1 aromatic heterocycles. The Balaban J connectivity index is 2.61. The Kier molecular flexibility index (Phi) is 2.37. The van der Waals surface area contributed by atoms with Crippen molar-refractivity contribution in [3.63, 3.8) is 0 Å². The van der Waals surface area contributed by atoms with Crippen molar-refractivity contribution in [2.75, 3.05) is 5.88 Å². The first-order chi connectivity index (χ1) is 4.33. The fourth-order valence-electron chi connectivity index (χ4n) is 0.547. The van der Waals surface area contributed by atoms with Gasteiger partial charge in [-0.2, -0.15) is 5.10 Å². The standard InChI is InChI=1S/C5H6Cl2N2/c6-1-2-9-4-5(7)3-8-9/h3-4H,1-2H2. The Morgan fingerprint density at radius 1 is 1.67 bits per heavy atom. The van der Waals surface area contributed by atoms with Crippen LogP contribution in [0.1, 0.15) is 0 Å². The lowest BCUT2D eigenvalue weighted by molar-refractivity contribution is 0.664. The van der Waals surface area contributed by atoms with Crippen molar-refractivity contribution in [1.82, 2.24) is 9.78 Å². The molecule has 50 valence electrons. The molecule has 0 bridgehead atoms. The second-order valence-corrected chi connectivity index (χ2v) is 2.43. The van der Waals surface area contributed by atoms with Crippen LogP contribution < -0.4 is 0 Å². The quantitative estimate of drug-likeness (QED) is 0.610. The molecule has 0 aliphatic carbocycles. The van der Waals surface area contributed by atoms with Crippen molar-refractivity contribution in [3.05, 3.63) is 17.4 Å². The second kappa shape index (κ2) is 3.08. The zero-order chi connectivity index (χ0) is 6.69. The van der Waals surface area contributed by atoms with Gasteiger partial charge in [-0.15, -0.1) is 11.6 Å². The van der Waals surface area contributed by atoms with Gasteiger partial charge in [-0.25, -0.2) is 0 Å². The first-order valence-electron chi connectivity index (χ1n) is 2.57. The van der Waals surface area contributed by atoms with E-state index in [9.17, 15) is 0 Å². The molecule has 0 saturated heterocycles. The first-order valence-corrected chi connectivity index (χ1v) is 3.48. The summed E-state index contributed by atoms with van der Waals surface area (Å²) in [7, 11) is 0. The lowest BCUT2D eigenvalue weighted by atomic mass is 10.7. The summed E-state index contributed by atoms with van der Waals surface area (Å²) < 4.78 is 1.70. The van der Waals surface area contributed by atoms with E-state index in [4.69, 9.17) is 23.2 Å². The Morgan fingerprint density at radius 3 is 2.89 bits per heavy atom. The van der Waals surface area contributed by atoms with Gasteiger partial charge in [0.15, 0.2) is 0 Å². The number of halogens is 2. The van der Waals surface area contributed by atoms with Crippen LogP contribution in [0, 0.1) is 0 Å². The maximum atomic E-state index is 5.57. The van der Waals surface area contributed by atoms with E-state index in [1.807, 2.05) is 0 Å². The van der Waals surface area contributed by atoms with Gasteiger partial charge < -0.3 is 0 Å². The van der Waals surface area contributed by atoms with Crippen molar-refractivity contribution >= 4 is 23.2 Å². The normalized spacial score (nSPS) is 10.0. The van der Waals surface area contributed by atoms with E-state index in [2.05, 4.69) is 5.10 Å². The van der Waals surface area contributed by atoms with E-state index in [1.165, 1.54) is 0 Å². The summed E-state index contributed by atoms with van der Waals surface area (Å²) in [4.78, 5) is 0. The van der Waals surface area contributed by atoms with Gasteiger partial charge in [0.05, 0.1) is 17.8 Å². The molecule has 0 unspecified atom stereocenters. The van der Waals surface area contributed by atoms with Crippen molar-refractivity contribution in [1.29, 1.82) is 0 Å². The molecule has 0 N–H and O–H groups in total. The Bertz CT molecular complexity index is 185. The molecule has 0 aliphatic heterocycles. The van der Waals surface area contributed by atoms with Gasteiger partial charge in [-0.1, -0.05) is 11.6 Å². The van der Waals surface area contributed by atoms with Crippen LogP contribution in [0.4, 0.5) is 0 Å². The van der Waals surface area contributed by atoms with Gasteiger partial charge in [0.2, 0.25) is 0 Å². The Morgan fingerprint density at radius 2 is 2.44 bits per heavy atom. The molecule has 1 aromatic rings. The third-order valence-electron chi connectivity index (χ3n) is 0.915. The predicted molar refractivity (Wildman–Crippen MR) is 38.0 cm³/mol. The summed E-state index contributed by atoms with van der Waals surface area (Å²) in [6, 6.07) is 0. The highest BCUT2D eigenvalue weighted by atomic mass is 35.5. The van der Waals surface area contributed by atoms with E-state index in [1.54, 1.807) is 17.1 Å². The SMILES string of the molecule is ClCCn1cc(Cl)cn1. The van der Waals surface area contributed by atoms with Crippen LogP contribution >= 0.6 is 23.2 Å². The Labute approximate surface area is 63.4 Å². The van der Waals surface area contributed by atoms with E-state index < -0.39 is 0 Å². The van der Waals surface area contributed by atoms with E-state index in [0.717, 1.165) is 0 Å². The predicted octanol–water partition coefficient (Wildman–Crippen LogP) is 1.78. The first kappa shape index (κ1) is 6.90. The number of rotatable bonds is 2. The lowest BCUT2D eigenvalue weighted by Gasteiger charge is -1.91. The molecule has 0 saturated carbocycles. The summed E-state index contributed by atoms with van der Waals surface area (Å²) in [5.74, 6) is 0.567. The van der Waals surface area contributed by atoms with Gasteiger partial charge in [-0.3, -0.25) is 4.68 Å². The Hall–Kier alpha value is -0.210. The van der Waals surface area contributed by atoms with Crippen LogP contribution in [0.3, 0.4) is 0 Å². The van der Waals surface area contributed by atoms with E-state index in [-0.39, 0.29) is 0 Å². The third kappa shape index (κ3) is 1.88. The van der Waals surface area contributed by atoms with E-state index >= 15 is 0 Å². The number of alkyl halides is 1. The second-order valence-electron chi connectivity index (χ2n) is 1.61. The minimum atomic E-state index is 0.567. The molecule has 1 rings (SSSR count). The fourth-order valence-corrected chi connectivity index (χ4v) is 0.877. The van der Waals surface area contributed by atoms with Crippen molar-refractivity contribution in [2.45, 2.75) is 6.54 Å². The average Bonchev–Trinajstić information content (AvgIpc) is 2.17. The molecule has 9 heavy (non-hydrogen) atoms. The zero-order valence-corrected chi connectivity index (χ0v) is 6.23. The van der Waals surface area contributed by atoms with E-state index in [0.29, 0.717) is 17.4 Å². The van der Waals surface area contributed by atoms with Gasteiger partial charge in [-0.05, 0) is 0 Å². The average molecular weight is 165 g/mol. The molecule has 0 fully saturated rings. The molecule has 4 heteroatoms. The highest BCUT2D eigenvalue weighted by molar-refractivity contribution is 6.30. The molecular weight excluding hydrogens is 159 g/mol. The maximum absolute atomic E-state index is 5.57.